The van der Waals surface area contributed by atoms with Crippen molar-refractivity contribution in [3.63, 3.8) is 0 Å². The minimum absolute atomic E-state index is 0.910. The van der Waals surface area contributed by atoms with Gasteiger partial charge in [-0.05, 0) is 34.4 Å². The van der Waals surface area contributed by atoms with Crippen LogP contribution >= 0.6 is 11.3 Å². The molecule has 0 unspecified atom stereocenters. The summed E-state index contributed by atoms with van der Waals surface area (Å²) >= 11 is 1.85. The van der Waals surface area contributed by atoms with Gasteiger partial charge in [0.1, 0.15) is 0 Å². The first kappa shape index (κ1) is 20.6. The Hall–Kier alpha value is -4.60. The van der Waals surface area contributed by atoms with Gasteiger partial charge in [-0.25, -0.2) is 9.97 Å². The van der Waals surface area contributed by atoms with E-state index in [2.05, 4.69) is 115 Å². The highest BCUT2D eigenvalue weighted by molar-refractivity contribution is 7.26. The Kier molecular flexibility index (Phi) is 4.42. The van der Waals surface area contributed by atoms with Crippen LogP contribution in [0, 0.1) is 0 Å². The van der Waals surface area contributed by atoms with E-state index in [1.165, 1.54) is 36.3 Å². The zero-order chi connectivity index (χ0) is 24.3. The zero-order valence-corrected chi connectivity index (χ0v) is 20.7. The van der Waals surface area contributed by atoms with Crippen LogP contribution in [0.2, 0.25) is 0 Å². The number of hydrogen-bond acceptors (Lipinski definition) is 3. The number of rotatable bonds is 2. The van der Waals surface area contributed by atoms with E-state index in [4.69, 9.17) is 9.97 Å². The Morgan fingerprint density at radius 1 is 0.486 bits per heavy atom. The molecule has 0 bridgehead atoms. The van der Waals surface area contributed by atoms with Crippen LogP contribution in [0.25, 0.3) is 75.3 Å². The van der Waals surface area contributed by atoms with Crippen molar-refractivity contribution in [2.75, 3.05) is 0 Å². The molecule has 8 rings (SSSR count). The highest BCUT2D eigenvalue weighted by atomic mass is 32.1. The average molecular weight is 489 g/mol. The molecule has 0 N–H and O–H groups in total. The van der Waals surface area contributed by atoms with Crippen molar-refractivity contribution >= 4 is 64.1 Å². The third-order valence-corrected chi connectivity index (χ3v) is 8.35. The third kappa shape index (κ3) is 3.11. The summed E-state index contributed by atoms with van der Waals surface area (Å²) in [4.78, 5) is 10.8. The molecule has 0 amide bonds. The molecular weight excluding hydrogens is 468 g/mol. The molecule has 0 atom stereocenters. The Bertz CT molecular complexity index is 2140. The van der Waals surface area contributed by atoms with Gasteiger partial charge in [0.15, 0.2) is 0 Å². The van der Waals surface area contributed by atoms with Gasteiger partial charge in [-0.2, -0.15) is 0 Å². The predicted molar refractivity (Wildman–Crippen MR) is 158 cm³/mol. The fraction of sp³-hybridized carbons (Fsp3) is 0. The Balaban J connectivity index is 1.62. The summed E-state index contributed by atoms with van der Waals surface area (Å²) in [6.07, 6.45) is 0. The largest absolute Gasteiger partial charge is 0.244 e. The lowest BCUT2D eigenvalue weighted by Crippen LogP contribution is -1.97. The SMILES string of the molecule is c1ccc(-c2nc3ccc4ccccc4c3nc2-c2c3ccccc3cc3sc4ccccc4c23)cc1. The maximum atomic E-state index is 5.48. The molecular formula is C34H20N2S. The molecule has 0 radical (unpaired) electrons. The predicted octanol–water partition coefficient (Wildman–Crippen LogP) is 9.64. The molecule has 6 aromatic carbocycles. The van der Waals surface area contributed by atoms with Crippen molar-refractivity contribution in [1.29, 1.82) is 0 Å². The fourth-order valence-corrected chi connectivity index (χ4v) is 6.72. The quantitative estimate of drug-likeness (QED) is 0.226. The van der Waals surface area contributed by atoms with E-state index in [1.54, 1.807) is 0 Å². The molecule has 2 aromatic heterocycles. The average Bonchev–Trinajstić information content (AvgIpc) is 3.33. The highest BCUT2D eigenvalue weighted by Gasteiger charge is 2.21. The van der Waals surface area contributed by atoms with E-state index >= 15 is 0 Å². The second kappa shape index (κ2) is 7.95. The van der Waals surface area contributed by atoms with Gasteiger partial charge in [0.25, 0.3) is 0 Å². The summed E-state index contributed by atoms with van der Waals surface area (Å²) in [6, 6.07) is 42.8. The molecule has 0 saturated heterocycles. The maximum absolute atomic E-state index is 5.48. The molecule has 2 heterocycles. The van der Waals surface area contributed by atoms with Crippen molar-refractivity contribution in [2.45, 2.75) is 0 Å². The van der Waals surface area contributed by atoms with Crippen LogP contribution < -0.4 is 0 Å². The van der Waals surface area contributed by atoms with E-state index in [0.717, 1.165) is 38.9 Å². The van der Waals surface area contributed by atoms with Crippen molar-refractivity contribution < 1.29 is 0 Å². The third-order valence-electron chi connectivity index (χ3n) is 7.23. The van der Waals surface area contributed by atoms with Gasteiger partial charge < -0.3 is 0 Å². The van der Waals surface area contributed by atoms with E-state index in [0.29, 0.717) is 0 Å². The first-order chi connectivity index (χ1) is 18.3. The molecule has 0 spiro atoms. The second-order valence-electron chi connectivity index (χ2n) is 9.39. The molecule has 0 aliphatic heterocycles. The first-order valence-corrected chi connectivity index (χ1v) is 13.2. The molecule has 0 aliphatic rings. The van der Waals surface area contributed by atoms with Crippen LogP contribution in [0.5, 0.6) is 0 Å². The lowest BCUT2D eigenvalue weighted by atomic mass is 9.93. The number of fused-ring (bicyclic) bond motifs is 7. The number of thiophene rings is 1. The smallest absolute Gasteiger partial charge is 0.0986 e. The fourth-order valence-electron chi connectivity index (χ4n) is 5.56. The van der Waals surface area contributed by atoms with E-state index in [1.807, 2.05) is 17.4 Å². The zero-order valence-electron chi connectivity index (χ0n) is 19.8. The van der Waals surface area contributed by atoms with Crippen molar-refractivity contribution in [3.8, 4) is 22.5 Å². The lowest BCUT2D eigenvalue weighted by molar-refractivity contribution is 1.31. The molecule has 8 aromatic rings. The molecule has 2 nitrogen and oxygen atoms in total. The van der Waals surface area contributed by atoms with Gasteiger partial charge in [0.05, 0.1) is 22.4 Å². The summed E-state index contributed by atoms with van der Waals surface area (Å²) in [7, 11) is 0. The van der Waals surface area contributed by atoms with E-state index in [9.17, 15) is 0 Å². The van der Waals surface area contributed by atoms with Gasteiger partial charge in [-0.15, -0.1) is 11.3 Å². The van der Waals surface area contributed by atoms with Crippen LogP contribution in [0.15, 0.2) is 121 Å². The van der Waals surface area contributed by atoms with Gasteiger partial charge in [-0.3, -0.25) is 0 Å². The molecule has 0 fully saturated rings. The summed E-state index contributed by atoms with van der Waals surface area (Å²) < 4.78 is 2.56. The molecule has 3 heteroatoms. The van der Waals surface area contributed by atoms with Crippen LogP contribution in [0.4, 0.5) is 0 Å². The lowest BCUT2D eigenvalue weighted by Gasteiger charge is -2.15. The van der Waals surface area contributed by atoms with Gasteiger partial charge >= 0.3 is 0 Å². The first-order valence-electron chi connectivity index (χ1n) is 12.4. The van der Waals surface area contributed by atoms with Crippen molar-refractivity contribution in [1.82, 2.24) is 9.97 Å². The Morgan fingerprint density at radius 3 is 2.05 bits per heavy atom. The maximum Gasteiger partial charge on any atom is 0.0986 e. The van der Waals surface area contributed by atoms with Crippen molar-refractivity contribution in [2.24, 2.45) is 0 Å². The Morgan fingerprint density at radius 2 is 1.19 bits per heavy atom. The molecule has 172 valence electrons. The van der Waals surface area contributed by atoms with Gasteiger partial charge in [0.2, 0.25) is 0 Å². The minimum Gasteiger partial charge on any atom is -0.244 e. The summed E-state index contributed by atoms with van der Waals surface area (Å²) in [5, 5.41) is 7.24. The summed E-state index contributed by atoms with van der Waals surface area (Å²) in [5.41, 5.74) is 5.92. The van der Waals surface area contributed by atoms with E-state index in [-0.39, 0.29) is 0 Å². The van der Waals surface area contributed by atoms with Gasteiger partial charge in [-0.1, -0.05) is 103 Å². The topological polar surface area (TPSA) is 25.8 Å². The van der Waals surface area contributed by atoms with Crippen molar-refractivity contribution in [3.05, 3.63) is 121 Å². The normalized spacial score (nSPS) is 11.8. The molecule has 37 heavy (non-hydrogen) atoms. The Labute approximate surface area is 217 Å². The van der Waals surface area contributed by atoms with Gasteiger partial charge in [0, 0.05) is 36.7 Å². The number of nitrogens with zero attached hydrogens (tertiary/aromatic N) is 2. The van der Waals surface area contributed by atoms with Crippen LogP contribution in [0.3, 0.4) is 0 Å². The monoisotopic (exact) mass is 488 g/mol. The van der Waals surface area contributed by atoms with E-state index < -0.39 is 0 Å². The molecule has 0 aliphatic carbocycles. The van der Waals surface area contributed by atoms with Crippen LogP contribution in [-0.4, -0.2) is 9.97 Å². The highest BCUT2D eigenvalue weighted by Crippen LogP contribution is 2.46. The number of benzene rings is 6. The summed E-state index contributed by atoms with van der Waals surface area (Å²) in [5.74, 6) is 0. The number of aromatic nitrogens is 2. The van der Waals surface area contributed by atoms with Crippen LogP contribution in [0.1, 0.15) is 0 Å². The second-order valence-corrected chi connectivity index (χ2v) is 10.5. The standard InChI is InChI=1S/C34H20N2S/c1-2-11-22(12-3-1)32-34(36-33-25-15-7-4-10-21(25)18-19-27(33)35-32)31-24-14-6-5-13-23(24)20-29-30(31)26-16-8-9-17-28(26)37-29/h1-20H. The summed E-state index contributed by atoms with van der Waals surface area (Å²) in [6.45, 7) is 0. The number of hydrogen-bond donors (Lipinski definition) is 0. The van der Waals surface area contributed by atoms with Crippen LogP contribution in [-0.2, 0) is 0 Å². The minimum atomic E-state index is 0.910. The molecule has 0 saturated carbocycles.